The van der Waals surface area contributed by atoms with Crippen LogP contribution in [-0.4, -0.2) is 52.9 Å². The maximum Gasteiger partial charge on any atom is 0.324 e. The Morgan fingerprint density at radius 1 is 1.60 bits per heavy atom. The summed E-state index contributed by atoms with van der Waals surface area (Å²) in [5.74, 6) is -0.144. The Balaban J connectivity index is 2.12. The summed E-state index contributed by atoms with van der Waals surface area (Å²) >= 11 is 0. The van der Waals surface area contributed by atoms with Gasteiger partial charge in [-0.1, -0.05) is 0 Å². The largest absolute Gasteiger partial charge is 0.465 e. The molecule has 0 bridgehead atoms. The van der Waals surface area contributed by atoms with Crippen LogP contribution in [0.1, 0.15) is 32.4 Å². The molecule has 2 unspecified atom stereocenters. The summed E-state index contributed by atoms with van der Waals surface area (Å²) in [6, 6.07) is -0.0597. The van der Waals surface area contributed by atoms with Crippen LogP contribution in [0.15, 0.2) is 12.4 Å². The lowest BCUT2D eigenvalue weighted by atomic mass is 10.1. The second-order valence-corrected chi connectivity index (χ2v) is 5.02. The van der Waals surface area contributed by atoms with E-state index in [0.29, 0.717) is 13.2 Å². The van der Waals surface area contributed by atoms with Gasteiger partial charge in [0.15, 0.2) is 0 Å². The second-order valence-electron chi connectivity index (χ2n) is 5.02. The third-order valence-electron chi connectivity index (χ3n) is 3.80. The molecule has 1 aliphatic heterocycles. The first-order valence-electron chi connectivity index (χ1n) is 7.32. The highest BCUT2D eigenvalue weighted by atomic mass is 16.5. The van der Waals surface area contributed by atoms with Crippen molar-refractivity contribution in [1.29, 1.82) is 0 Å². The number of nitrogens with one attached hydrogen (secondary N) is 1. The summed E-state index contributed by atoms with van der Waals surface area (Å²) in [5, 5.41) is 7.58. The van der Waals surface area contributed by atoms with Crippen molar-refractivity contribution in [3.8, 4) is 0 Å². The summed E-state index contributed by atoms with van der Waals surface area (Å²) in [5.41, 5.74) is 1.14. The van der Waals surface area contributed by atoms with E-state index in [1.807, 2.05) is 17.8 Å². The van der Waals surface area contributed by atoms with E-state index < -0.39 is 0 Å². The highest BCUT2D eigenvalue weighted by molar-refractivity contribution is 5.76. The quantitative estimate of drug-likeness (QED) is 0.809. The van der Waals surface area contributed by atoms with Crippen LogP contribution in [0.5, 0.6) is 0 Å². The van der Waals surface area contributed by atoms with Gasteiger partial charge in [-0.15, -0.1) is 0 Å². The van der Waals surface area contributed by atoms with Gasteiger partial charge in [0.05, 0.1) is 12.8 Å². The maximum atomic E-state index is 12.1. The van der Waals surface area contributed by atoms with E-state index in [2.05, 4.69) is 35.4 Å². The van der Waals surface area contributed by atoms with Gasteiger partial charge < -0.3 is 10.1 Å². The second kappa shape index (κ2) is 6.85. The number of carbonyl (C=O) groups excluding carboxylic acids is 1. The highest BCUT2D eigenvalue weighted by Gasteiger charge is 2.33. The lowest BCUT2D eigenvalue weighted by molar-refractivity contribution is -0.151. The smallest absolute Gasteiger partial charge is 0.324 e. The van der Waals surface area contributed by atoms with Crippen molar-refractivity contribution in [2.24, 2.45) is 0 Å². The first-order chi connectivity index (χ1) is 9.67. The van der Waals surface area contributed by atoms with E-state index in [1.165, 1.54) is 0 Å². The predicted octanol–water partition coefficient (Wildman–Crippen LogP) is 0.801. The van der Waals surface area contributed by atoms with Crippen LogP contribution in [0, 0.1) is 0 Å². The number of esters is 1. The number of piperazine rings is 1. The molecule has 1 fully saturated rings. The lowest BCUT2D eigenvalue weighted by Gasteiger charge is -2.38. The Hall–Kier alpha value is -1.40. The fourth-order valence-electron chi connectivity index (χ4n) is 2.60. The molecular formula is C14H24N4O2. The molecule has 0 spiro atoms. The number of carbonyl (C=O) groups is 1. The predicted molar refractivity (Wildman–Crippen MR) is 76.3 cm³/mol. The molecule has 0 radical (unpaired) electrons. The minimum Gasteiger partial charge on any atom is -0.465 e. The molecule has 6 nitrogen and oxygen atoms in total. The highest BCUT2D eigenvalue weighted by Crippen LogP contribution is 2.23. The van der Waals surface area contributed by atoms with Crippen LogP contribution in [0.3, 0.4) is 0 Å². The van der Waals surface area contributed by atoms with Crippen molar-refractivity contribution >= 4 is 5.97 Å². The van der Waals surface area contributed by atoms with E-state index in [9.17, 15) is 4.79 Å². The monoisotopic (exact) mass is 280 g/mol. The van der Waals surface area contributed by atoms with Gasteiger partial charge in [0.2, 0.25) is 0 Å². The van der Waals surface area contributed by atoms with E-state index in [1.54, 1.807) is 0 Å². The SMILES string of the molecule is CCOC(=O)C1CNCCN1C(C)c1cnn(CC)c1. The number of rotatable bonds is 5. The molecule has 112 valence electrons. The van der Waals surface area contributed by atoms with E-state index in [-0.39, 0.29) is 18.1 Å². The molecule has 1 aromatic heterocycles. The van der Waals surface area contributed by atoms with Gasteiger partial charge in [-0.2, -0.15) is 5.10 Å². The normalized spacial score (nSPS) is 21.6. The maximum absolute atomic E-state index is 12.1. The van der Waals surface area contributed by atoms with Crippen molar-refractivity contribution in [2.75, 3.05) is 26.2 Å². The van der Waals surface area contributed by atoms with Crippen LogP contribution in [0.4, 0.5) is 0 Å². The van der Waals surface area contributed by atoms with Crippen molar-refractivity contribution in [2.45, 2.75) is 39.4 Å². The standard InChI is InChI=1S/C14H24N4O2/c1-4-17-10-12(8-16-17)11(3)18-7-6-15-9-13(18)14(19)20-5-2/h8,10-11,13,15H,4-7,9H2,1-3H3. The molecule has 2 atom stereocenters. The fraction of sp³-hybridized carbons (Fsp3) is 0.714. The Bertz CT molecular complexity index is 446. The van der Waals surface area contributed by atoms with Crippen LogP contribution in [-0.2, 0) is 16.1 Å². The average molecular weight is 280 g/mol. The Morgan fingerprint density at radius 2 is 2.40 bits per heavy atom. The molecular weight excluding hydrogens is 256 g/mol. The molecule has 2 heterocycles. The fourth-order valence-corrected chi connectivity index (χ4v) is 2.60. The molecule has 20 heavy (non-hydrogen) atoms. The third-order valence-corrected chi connectivity index (χ3v) is 3.80. The number of aromatic nitrogens is 2. The number of hydrogen-bond acceptors (Lipinski definition) is 5. The van der Waals surface area contributed by atoms with Gasteiger partial charge in [0, 0.05) is 44.0 Å². The Kier molecular flexibility index (Phi) is 5.14. The van der Waals surface area contributed by atoms with Gasteiger partial charge in [-0.05, 0) is 20.8 Å². The molecule has 1 aliphatic rings. The zero-order chi connectivity index (χ0) is 14.5. The van der Waals surface area contributed by atoms with Crippen molar-refractivity contribution in [3.63, 3.8) is 0 Å². The molecule has 1 saturated heterocycles. The molecule has 0 aliphatic carbocycles. The summed E-state index contributed by atoms with van der Waals surface area (Å²) in [7, 11) is 0. The molecule has 0 amide bonds. The third kappa shape index (κ3) is 3.19. The zero-order valence-electron chi connectivity index (χ0n) is 12.5. The van der Waals surface area contributed by atoms with Crippen molar-refractivity contribution < 1.29 is 9.53 Å². The van der Waals surface area contributed by atoms with Crippen LogP contribution >= 0.6 is 0 Å². The topological polar surface area (TPSA) is 59.4 Å². The van der Waals surface area contributed by atoms with Gasteiger partial charge in [0.25, 0.3) is 0 Å². The van der Waals surface area contributed by atoms with Crippen LogP contribution < -0.4 is 5.32 Å². The summed E-state index contributed by atoms with van der Waals surface area (Å²) in [4.78, 5) is 14.3. The number of hydrogen-bond donors (Lipinski definition) is 1. The minimum atomic E-state index is -0.219. The summed E-state index contributed by atoms with van der Waals surface area (Å²) in [6.45, 7) is 9.67. The molecule has 1 aromatic rings. The van der Waals surface area contributed by atoms with Gasteiger partial charge >= 0.3 is 5.97 Å². The number of nitrogens with zero attached hydrogens (tertiary/aromatic N) is 3. The van der Waals surface area contributed by atoms with Crippen LogP contribution in [0.25, 0.3) is 0 Å². The average Bonchev–Trinajstić information content (AvgIpc) is 2.95. The van der Waals surface area contributed by atoms with E-state index >= 15 is 0 Å². The summed E-state index contributed by atoms with van der Waals surface area (Å²) < 4.78 is 7.09. The number of ether oxygens (including phenoxy) is 1. The van der Waals surface area contributed by atoms with E-state index in [0.717, 1.165) is 25.2 Å². The first kappa shape index (κ1) is 15.0. The Morgan fingerprint density at radius 3 is 3.05 bits per heavy atom. The lowest BCUT2D eigenvalue weighted by Crippen LogP contribution is -2.55. The first-order valence-corrected chi connectivity index (χ1v) is 7.32. The number of aryl methyl sites for hydroxylation is 1. The zero-order valence-corrected chi connectivity index (χ0v) is 12.5. The minimum absolute atomic E-state index is 0.144. The van der Waals surface area contributed by atoms with Crippen LogP contribution in [0.2, 0.25) is 0 Å². The van der Waals surface area contributed by atoms with Crippen molar-refractivity contribution in [3.05, 3.63) is 18.0 Å². The molecule has 2 rings (SSSR count). The van der Waals surface area contributed by atoms with Gasteiger partial charge in [-0.3, -0.25) is 14.4 Å². The Labute approximate surface area is 120 Å². The van der Waals surface area contributed by atoms with E-state index in [4.69, 9.17) is 4.74 Å². The molecule has 0 aromatic carbocycles. The van der Waals surface area contributed by atoms with Gasteiger partial charge in [-0.25, -0.2) is 0 Å². The molecule has 0 saturated carbocycles. The molecule has 6 heteroatoms. The van der Waals surface area contributed by atoms with Crippen molar-refractivity contribution in [1.82, 2.24) is 20.0 Å². The summed E-state index contributed by atoms with van der Waals surface area (Å²) in [6.07, 6.45) is 3.94. The molecule has 1 N–H and O–H groups in total. The van der Waals surface area contributed by atoms with Gasteiger partial charge in [0.1, 0.15) is 6.04 Å².